The number of hydrogen-bond acceptors (Lipinski definition) is 3. The minimum atomic E-state index is 0.260. The van der Waals surface area contributed by atoms with E-state index < -0.39 is 0 Å². The Balaban J connectivity index is 2.43. The molecule has 0 aliphatic heterocycles. The number of rotatable bonds is 8. The van der Waals surface area contributed by atoms with Crippen molar-refractivity contribution in [3.63, 3.8) is 0 Å². The van der Waals surface area contributed by atoms with Gasteiger partial charge in [-0.2, -0.15) is 0 Å². The van der Waals surface area contributed by atoms with Crippen molar-refractivity contribution in [2.45, 2.75) is 33.0 Å². The Bertz CT molecular complexity index is 419. The number of hydrogen-bond donors (Lipinski definition) is 2. The van der Waals surface area contributed by atoms with Crippen molar-refractivity contribution in [3.8, 4) is 0 Å². The van der Waals surface area contributed by atoms with E-state index in [-0.39, 0.29) is 6.10 Å². The SMILES string of the molecule is COCc1ccccc1NC(N)=NCCCOC(C)C. The number of para-hydroxylation sites is 1. The fourth-order valence-corrected chi connectivity index (χ4v) is 1.68. The number of anilines is 1. The molecule has 1 rings (SSSR count). The number of methoxy groups -OCH3 is 1. The van der Waals surface area contributed by atoms with Gasteiger partial charge in [0.05, 0.1) is 12.7 Å². The number of nitrogens with zero attached hydrogens (tertiary/aromatic N) is 1. The summed E-state index contributed by atoms with van der Waals surface area (Å²) >= 11 is 0. The van der Waals surface area contributed by atoms with Gasteiger partial charge in [0, 0.05) is 31.5 Å². The summed E-state index contributed by atoms with van der Waals surface area (Å²) in [7, 11) is 1.67. The number of aliphatic imine (C=N–C) groups is 1. The smallest absolute Gasteiger partial charge is 0.193 e. The van der Waals surface area contributed by atoms with Crippen LogP contribution in [0.4, 0.5) is 5.69 Å². The molecule has 0 atom stereocenters. The zero-order valence-electron chi connectivity index (χ0n) is 12.6. The molecule has 1 aromatic carbocycles. The van der Waals surface area contributed by atoms with E-state index in [0.29, 0.717) is 25.7 Å². The van der Waals surface area contributed by atoms with Gasteiger partial charge in [-0.25, -0.2) is 0 Å². The summed E-state index contributed by atoms with van der Waals surface area (Å²) in [6, 6.07) is 7.87. The third kappa shape index (κ3) is 6.54. The van der Waals surface area contributed by atoms with Crippen molar-refractivity contribution in [1.82, 2.24) is 0 Å². The molecule has 0 amide bonds. The molecule has 0 heterocycles. The molecule has 0 radical (unpaired) electrons. The Morgan fingerprint density at radius 2 is 2.10 bits per heavy atom. The third-order valence-corrected chi connectivity index (χ3v) is 2.62. The van der Waals surface area contributed by atoms with Crippen molar-refractivity contribution in [2.24, 2.45) is 10.7 Å². The number of benzene rings is 1. The molecule has 0 aliphatic rings. The summed E-state index contributed by atoms with van der Waals surface area (Å²) in [6.45, 7) is 5.93. The lowest BCUT2D eigenvalue weighted by Crippen LogP contribution is -2.23. The quantitative estimate of drug-likeness (QED) is 0.435. The summed E-state index contributed by atoms with van der Waals surface area (Å²) in [5.74, 6) is 0.415. The van der Waals surface area contributed by atoms with Gasteiger partial charge in [-0.1, -0.05) is 18.2 Å². The molecule has 3 N–H and O–H groups in total. The number of ether oxygens (including phenoxy) is 2. The fraction of sp³-hybridized carbons (Fsp3) is 0.533. The molecular weight excluding hydrogens is 254 g/mol. The van der Waals surface area contributed by atoms with E-state index in [0.717, 1.165) is 17.7 Å². The molecule has 0 unspecified atom stereocenters. The second-order valence-corrected chi connectivity index (χ2v) is 4.76. The Morgan fingerprint density at radius 3 is 2.80 bits per heavy atom. The van der Waals surface area contributed by atoms with Gasteiger partial charge in [-0.05, 0) is 26.3 Å². The van der Waals surface area contributed by atoms with Crippen LogP contribution in [0.5, 0.6) is 0 Å². The van der Waals surface area contributed by atoms with Crippen LogP contribution in [0.15, 0.2) is 29.3 Å². The van der Waals surface area contributed by atoms with Gasteiger partial charge >= 0.3 is 0 Å². The second-order valence-electron chi connectivity index (χ2n) is 4.76. The lowest BCUT2D eigenvalue weighted by molar-refractivity contribution is 0.0783. The van der Waals surface area contributed by atoms with E-state index in [1.807, 2.05) is 38.1 Å². The van der Waals surface area contributed by atoms with Crippen LogP contribution in [-0.2, 0) is 16.1 Å². The van der Waals surface area contributed by atoms with E-state index in [4.69, 9.17) is 15.2 Å². The molecule has 1 aromatic rings. The van der Waals surface area contributed by atoms with E-state index in [1.54, 1.807) is 7.11 Å². The van der Waals surface area contributed by atoms with Crippen molar-refractivity contribution in [3.05, 3.63) is 29.8 Å². The van der Waals surface area contributed by atoms with Crippen LogP contribution in [-0.4, -0.2) is 32.3 Å². The van der Waals surface area contributed by atoms with Crippen LogP contribution < -0.4 is 11.1 Å². The first-order chi connectivity index (χ1) is 9.63. The molecule has 0 aromatic heterocycles. The van der Waals surface area contributed by atoms with Crippen LogP contribution >= 0.6 is 0 Å². The molecule has 0 aliphatic carbocycles. The molecule has 0 saturated heterocycles. The standard InChI is InChI=1S/C15H25N3O2/c1-12(2)20-10-6-9-17-15(16)18-14-8-5-4-7-13(14)11-19-3/h4-5,7-8,12H,6,9-11H2,1-3H3,(H3,16,17,18). The van der Waals surface area contributed by atoms with Gasteiger partial charge in [0.25, 0.3) is 0 Å². The van der Waals surface area contributed by atoms with Crippen LogP contribution in [0.2, 0.25) is 0 Å². The van der Waals surface area contributed by atoms with Crippen molar-refractivity contribution < 1.29 is 9.47 Å². The highest BCUT2D eigenvalue weighted by atomic mass is 16.5. The maximum atomic E-state index is 5.87. The molecule has 0 fully saturated rings. The van der Waals surface area contributed by atoms with E-state index >= 15 is 0 Å². The van der Waals surface area contributed by atoms with Crippen molar-refractivity contribution in [2.75, 3.05) is 25.6 Å². The summed E-state index contributed by atoms with van der Waals surface area (Å²) < 4.78 is 10.6. The maximum Gasteiger partial charge on any atom is 0.193 e. The topological polar surface area (TPSA) is 68.9 Å². The summed E-state index contributed by atoms with van der Waals surface area (Å²) in [5, 5.41) is 3.10. The Morgan fingerprint density at radius 1 is 1.35 bits per heavy atom. The summed E-state index contributed by atoms with van der Waals surface area (Å²) in [5.41, 5.74) is 7.85. The molecule has 20 heavy (non-hydrogen) atoms. The Kier molecular flexibility index (Phi) is 7.69. The number of nitrogens with two attached hydrogens (primary N) is 1. The number of guanidine groups is 1. The first kappa shape index (κ1) is 16.5. The van der Waals surface area contributed by atoms with Crippen LogP contribution in [0.1, 0.15) is 25.8 Å². The van der Waals surface area contributed by atoms with Crippen LogP contribution in [0.25, 0.3) is 0 Å². The highest BCUT2D eigenvalue weighted by Crippen LogP contribution is 2.15. The zero-order valence-corrected chi connectivity index (χ0v) is 12.6. The molecule has 0 saturated carbocycles. The molecule has 5 heteroatoms. The third-order valence-electron chi connectivity index (χ3n) is 2.62. The lowest BCUT2D eigenvalue weighted by atomic mass is 10.2. The van der Waals surface area contributed by atoms with Gasteiger partial charge < -0.3 is 20.5 Å². The largest absolute Gasteiger partial charge is 0.380 e. The first-order valence-corrected chi connectivity index (χ1v) is 6.89. The van der Waals surface area contributed by atoms with E-state index in [2.05, 4.69) is 10.3 Å². The predicted molar refractivity (Wildman–Crippen MR) is 83.0 cm³/mol. The van der Waals surface area contributed by atoms with Crippen LogP contribution in [0.3, 0.4) is 0 Å². The van der Waals surface area contributed by atoms with Gasteiger partial charge in [0.15, 0.2) is 5.96 Å². The average Bonchev–Trinajstić information content (AvgIpc) is 2.40. The van der Waals surface area contributed by atoms with E-state index in [9.17, 15) is 0 Å². The zero-order chi connectivity index (χ0) is 14.8. The minimum Gasteiger partial charge on any atom is -0.380 e. The second kappa shape index (κ2) is 9.34. The highest BCUT2D eigenvalue weighted by Gasteiger charge is 2.02. The van der Waals surface area contributed by atoms with Crippen molar-refractivity contribution in [1.29, 1.82) is 0 Å². The maximum absolute atomic E-state index is 5.87. The average molecular weight is 279 g/mol. The molecule has 5 nitrogen and oxygen atoms in total. The minimum absolute atomic E-state index is 0.260. The lowest BCUT2D eigenvalue weighted by Gasteiger charge is -2.11. The van der Waals surface area contributed by atoms with Gasteiger partial charge in [-0.15, -0.1) is 0 Å². The molecule has 0 spiro atoms. The monoisotopic (exact) mass is 279 g/mol. The fourth-order valence-electron chi connectivity index (χ4n) is 1.68. The summed E-state index contributed by atoms with van der Waals surface area (Å²) in [4.78, 5) is 4.28. The highest BCUT2D eigenvalue weighted by molar-refractivity contribution is 5.92. The van der Waals surface area contributed by atoms with Gasteiger partial charge in [0.2, 0.25) is 0 Å². The molecule has 0 bridgehead atoms. The van der Waals surface area contributed by atoms with Gasteiger partial charge in [0.1, 0.15) is 0 Å². The van der Waals surface area contributed by atoms with Gasteiger partial charge in [-0.3, -0.25) is 4.99 Å². The Labute approximate surface area is 121 Å². The predicted octanol–water partition coefficient (Wildman–Crippen LogP) is 2.37. The molecule has 112 valence electrons. The Hall–Kier alpha value is -1.59. The summed E-state index contributed by atoms with van der Waals surface area (Å²) in [6.07, 6.45) is 1.12. The van der Waals surface area contributed by atoms with E-state index in [1.165, 1.54) is 0 Å². The molecular formula is C15H25N3O2. The number of nitrogens with one attached hydrogen (secondary N) is 1. The van der Waals surface area contributed by atoms with Crippen LogP contribution in [0, 0.1) is 0 Å². The normalized spacial score (nSPS) is 11.9. The van der Waals surface area contributed by atoms with Crippen molar-refractivity contribution >= 4 is 11.6 Å². The first-order valence-electron chi connectivity index (χ1n) is 6.89.